The van der Waals surface area contributed by atoms with Crippen molar-refractivity contribution in [3.8, 4) is 0 Å². The van der Waals surface area contributed by atoms with Crippen LogP contribution in [0.1, 0.15) is 29.6 Å². The molecule has 7 nitrogen and oxygen atoms in total. The van der Waals surface area contributed by atoms with Gasteiger partial charge in [0.1, 0.15) is 17.2 Å². The van der Waals surface area contributed by atoms with Crippen LogP contribution in [0.5, 0.6) is 0 Å². The Hall–Kier alpha value is -1.96. The maximum Gasteiger partial charge on any atom is 0.194 e. The van der Waals surface area contributed by atoms with E-state index in [1.165, 1.54) is 4.88 Å². The number of aromatic nitrogens is 4. The van der Waals surface area contributed by atoms with Gasteiger partial charge in [0.25, 0.3) is 0 Å². The molecule has 1 N–H and O–H groups in total. The highest BCUT2D eigenvalue weighted by Crippen LogP contribution is 2.14. The van der Waals surface area contributed by atoms with Gasteiger partial charge in [-0.15, -0.1) is 11.3 Å². The Morgan fingerprint density at radius 1 is 1.41 bits per heavy atom. The first-order valence-electron chi connectivity index (χ1n) is 7.39. The monoisotopic (exact) mass is 321 g/mol. The highest BCUT2D eigenvalue weighted by Gasteiger charge is 2.10. The fourth-order valence-electron chi connectivity index (χ4n) is 1.95. The molecule has 0 atom stereocenters. The van der Waals surface area contributed by atoms with Crippen LogP contribution in [0.15, 0.2) is 17.5 Å². The highest BCUT2D eigenvalue weighted by atomic mass is 32.1. The minimum atomic E-state index is 0.593. The van der Waals surface area contributed by atoms with Gasteiger partial charge in [-0.2, -0.15) is 5.10 Å². The first-order valence-corrected chi connectivity index (χ1v) is 8.21. The molecule has 22 heavy (non-hydrogen) atoms. The average Bonchev–Trinajstić information content (AvgIpc) is 3.13. The Morgan fingerprint density at radius 3 is 2.82 bits per heavy atom. The van der Waals surface area contributed by atoms with E-state index in [1.54, 1.807) is 22.3 Å². The molecule has 0 aromatic carbocycles. The molecule has 0 aliphatic rings. The molecule has 0 aliphatic heterocycles. The van der Waals surface area contributed by atoms with Crippen LogP contribution in [0.3, 0.4) is 0 Å². The van der Waals surface area contributed by atoms with Crippen molar-refractivity contribution in [2.75, 3.05) is 13.6 Å². The Balaban J connectivity index is 2.04. The third-order valence-electron chi connectivity index (χ3n) is 3.19. The van der Waals surface area contributed by atoms with Crippen molar-refractivity contribution in [3.05, 3.63) is 28.2 Å². The second kappa shape index (κ2) is 7.88. The molecule has 120 valence electrons. The zero-order chi connectivity index (χ0) is 15.9. The molecule has 0 amide bonds. The van der Waals surface area contributed by atoms with Crippen molar-refractivity contribution in [1.29, 1.82) is 0 Å². The molecule has 0 saturated heterocycles. The van der Waals surface area contributed by atoms with Crippen LogP contribution in [-0.2, 0) is 26.6 Å². The van der Waals surface area contributed by atoms with Crippen molar-refractivity contribution in [3.63, 3.8) is 0 Å². The predicted octanol–water partition coefficient (Wildman–Crippen LogP) is 1.43. The van der Waals surface area contributed by atoms with E-state index in [1.807, 2.05) is 25.2 Å². The first kappa shape index (κ1) is 16.4. The lowest BCUT2D eigenvalue weighted by atomic mass is 10.4. The van der Waals surface area contributed by atoms with E-state index >= 15 is 0 Å². The largest absolute Gasteiger partial charge is 0.357 e. The third-order valence-corrected chi connectivity index (χ3v) is 4.32. The van der Waals surface area contributed by atoms with Gasteiger partial charge in [0.15, 0.2) is 5.96 Å². The summed E-state index contributed by atoms with van der Waals surface area (Å²) in [5, 5.41) is 8.43. The SMILES string of the molecule is CCNC(=NCc1ncc(CC)s1)N(C)Cc1ncnn1C. The van der Waals surface area contributed by atoms with Gasteiger partial charge in [-0.1, -0.05) is 6.92 Å². The quantitative estimate of drug-likeness (QED) is 0.644. The summed E-state index contributed by atoms with van der Waals surface area (Å²) >= 11 is 1.72. The Morgan fingerprint density at radius 2 is 2.23 bits per heavy atom. The van der Waals surface area contributed by atoms with Crippen molar-refractivity contribution in [1.82, 2.24) is 30.0 Å². The Bertz CT molecular complexity index is 616. The fourth-order valence-corrected chi connectivity index (χ4v) is 2.73. The fraction of sp³-hybridized carbons (Fsp3) is 0.571. The lowest BCUT2D eigenvalue weighted by Gasteiger charge is -2.21. The van der Waals surface area contributed by atoms with Crippen LogP contribution in [0.25, 0.3) is 0 Å². The summed E-state index contributed by atoms with van der Waals surface area (Å²) in [6.45, 7) is 6.26. The normalized spacial score (nSPS) is 11.7. The van der Waals surface area contributed by atoms with E-state index in [0.29, 0.717) is 13.1 Å². The summed E-state index contributed by atoms with van der Waals surface area (Å²) in [5.41, 5.74) is 0. The summed E-state index contributed by atoms with van der Waals surface area (Å²) < 4.78 is 1.77. The zero-order valence-electron chi connectivity index (χ0n) is 13.6. The minimum Gasteiger partial charge on any atom is -0.357 e. The molecule has 0 spiro atoms. The number of guanidine groups is 1. The summed E-state index contributed by atoms with van der Waals surface area (Å²) in [7, 11) is 3.89. The molecule has 0 aliphatic carbocycles. The summed E-state index contributed by atoms with van der Waals surface area (Å²) in [6, 6.07) is 0. The van der Waals surface area contributed by atoms with Crippen LogP contribution < -0.4 is 5.32 Å². The van der Waals surface area contributed by atoms with E-state index in [9.17, 15) is 0 Å². The maximum atomic E-state index is 4.66. The van der Waals surface area contributed by atoms with Gasteiger partial charge >= 0.3 is 0 Å². The van der Waals surface area contributed by atoms with Gasteiger partial charge in [0, 0.05) is 31.7 Å². The number of nitrogens with zero attached hydrogens (tertiary/aromatic N) is 6. The molecular weight excluding hydrogens is 298 g/mol. The van der Waals surface area contributed by atoms with Crippen LogP contribution in [0, 0.1) is 0 Å². The van der Waals surface area contributed by atoms with Crippen molar-refractivity contribution < 1.29 is 0 Å². The first-order chi connectivity index (χ1) is 10.6. The topological polar surface area (TPSA) is 71.2 Å². The Labute approximate surface area is 135 Å². The molecule has 0 bridgehead atoms. The van der Waals surface area contributed by atoms with Gasteiger partial charge in [-0.3, -0.25) is 4.68 Å². The highest BCUT2D eigenvalue weighted by molar-refractivity contribution is 7.11. The van der Waals surface area contributed by atoms with E-state index in [4.69, 9.17) is 0 Å². The zero-order valence-corrected chi connectivity index (χ0v) is 14.4. The van der Waals surface area contributed by atoms with Gasteiger partial charge in [-0.05, 0) is 13.3 Å². The van der Waals surface area contributed by atoms with Gasteiger partial charge < -0.3 is 10.2 Å². The molecule has 0 unspecified atom stereocenters. The lowest BCUT2D eigenvalue weighted by Crippen LogP contribution is -2.39. The second-order valence-electron chi connectivity index (χ2n) is 4.90. The van der Waals surface area contributed by atoms with Crippen molar-refractivity contribution in [2.45, 2.75) is 33.4 Å². The van der Waals surface area contributed by atoms with Gasteiger partial charge in [0.2, 0.25) is 0 Å². The number of thiazole rings is 1. The predicted molar refractivity (Wildman–Crippen MR) is 88.8 cm³/mol. The van der Waals surface area contributed by atoms with Crippen LogP contribution in [0.4, 0.5) is 0 Å². The van der Waals surface area contributed by atoms with Crippen molar-refractivity contribution >= 4 is 17.3 Å². The third kappa shape index (κ3) is 4.27. The van der Waals surface area contributed by atoms with E-state index in [2.05, 4.69) is 39.2 Å². The van der Waals surface area contributed by atoms with Crippen molar-refractivity contribution in [2.24, 2.45) is 12.0 Å². The maximum absolute atomic E-state index is 4.66. The molecule has 2 aromatic rings. The summed E-state index contributed by atoms with van der Waals surface area (Å²) in [6.07, 6.45) is 4.52. The number of hydrogen-bond donors (Lipinski definition) is 1. The smallest absolute Gasteiger partial charge is 0.194 e. The van der Waals surface area contributed by atoms with E-state index < -0.39 is 0 Å². The number of nitrogens with one attached hydrogen (secondary N) is 1. The minimum absolute atomic E-state index is 0.593. The lowest BCUT2D eigenvalue weighted by molar-refractivity contribution is 0.448. The number of hydrogen-bond acceptors (Lipinski definition) is 5. The van der Waals surface area contributed by atoms with Gasteiger partial charge in [-0.25, -0.2) is 15.0 Å². The molecule has 2 heterocycles. The van der Waals surface area contributed by atoms with Crippen LogP contribution in [-0.4, -0.2) is 44.2 Å². The molecule has 0 saturated carbocycles. The van der Waals surface area contributed by atoms with E-state index in [0.717, 1.165) is 29.8 Å². The molecule has 0 radical (unpaired) electrons. The Kier molecular flexibility index (Phi) is 5.88. The molecule has 2 rings (SSSR count). The molecule has 2 aromatic heterocycles. The van der Waals surface area contributed by atoms with Crippen LogP contribution >= 0.6 is 11.3 Å². The summed E-state index contributed by atoms with van der Waals surface area (Å²) in [5.74, 6) is 1.74. The van der Waals surface area contributed by atoms with E-state index in [-0.39, 0.29) is 0 Å². The van der Waals surface area contributed by atoms with Gasteiger partial charge in [0.05, 0.1) is 13.1 Å². The molecular formula is C14H23N7S. The van der Waals surface area contributed by atoms with Crippen LogP contribution in [0.2, 0.25) is 0 Å². The molecule has 0 fully saturated rings. The second-order valence-corrected chi connectivity index (χ2v) is 6.10. The number of aryl methyl sites for hydroxylation is 2. The molecule has 8 heteroatoms. The summed E-state index contributed by atoms with van der Waals surface area (Å²) in [4.78, 5) is 16.7. The number of rotatable bonds is 6. The number of aliphatic imine (C=N–C) groups is 1. The standard InChI is InChI=1S/C14H23N7S/c1-5-11-7-16-13(22-11)8-17-14(15-6-2)20(3)9-12-18-10-19-21(12)4/h7,10H,5-6,8-9H2,1-4H3,(H,15,17). The average molecular weight is 321 g/mol.